The fourth-order valence-electron chi connectivity index (χ4n) is 6.09. The first-order valence-corrected chi connectivity index (χ1v) is 16.9. The molecule has 0 unspecified atom stereocenters. The Hall–Kier alpha value is -4.67. The molecule has 44 heavy (non-hydrogen) atoms. The van der Waals surface area contributed by atoms with Gasteiger partial charge in [0.1, 0.15) is 0 Å². The van der Waals surface area contributed by atoms with Crippen molar-refractivity contribution in [1.82, 2.24) is 9.55 Å². The minimum Gasteiger partial charge on any atom is -0.326 e. The Bertz CT molecular complexity index is 1610. The molecule has 218 valence electrons. The summed E-state index contributed by atoms with van der Waals surface area (Å²) in [7, 11) is -0.802. The number of nitrogens with zero attached hydrogens (tertiary/aromatic N) is 2. The molecule has 0 aliphatic rings. The summed E-state index contributed by atoms with van der Waals surface area (Å²) in [4.78, 5) is 4.42. The van der Waals surface area contributed by atoms with Crippen molar-refractivity contribution in [3.05, 3.63) is 194 Å². The second kappa shape index (κ2) is 15.2. The molecule has 0 atom stereocenters. The second-order valence-electron chi connectivity index (χ2n) is 11.7. The van der Waals surface area contributed by atoms with E-state index >= 15 is 0 Å². The molecule has 0 saturated carbocycles. The van der Waals surface area contributed by atoms with E-state index in [9.17, 15) is 0 Å². The van der Waals surface area contributed by atoms with Gasteiger partial charge in [-0.25, -0.2) is 4.98 Å². The van der Waals surface area contributed by atoms with Crippen LogP contribution in [0.2, 0.25) is 0 Å². The average Bonchev–Trinajstić information content (AvgIpc) is 3.62. The van der Waals surface area contributed by atoms with Crippen LogP contribution in [0, 0.1) is 5.92 Å². The number of imidazole rings is 1. The molecule has 0 aliphatic heterocycles. The molecule has 0 bridgehead atoms. The fourth-order valence-corrected chi connectivity index (χ4v) is 8.55. The van der Waals surface area contributed by atoms with Crippen molar-refractivity contribution < 1.29 is 0 Å². The molecule has 0 amide bonds. The molecule has 6 aromatic rings. The van der Waals surface area contributed by atoms with E-state index in [-0.39, 0.29) is 5.16 Å². The lowest BCUT2D eigenvalue weighted by Gasteiger charge is -2.37. The van der Waals surface area contributed by atoms with Gasteiger partial charge < -0.3 is 4.57 Å². The highest BCUT2D eigenvalue weighted by molar-refractivity contribution is 6.89. The van der Waals surface area contributed by atoms with Crippen LogP contribution in [0.3, 0.4) is 0 Å². The Balaban J connectivity index is 0.000000215. The van der Waals surface area contributed by atoms with Gasteiger partial charge in [0.25, 0.3) is 0 Å². The highest BCUT2D eigenvalue weighted by Crippen LogP contribution is 2.33. The first kappa shape index (κ1) is 30.8. The van der Waals surface area contributed by atoms with E-state index in [2.05, 4.69) is 170 Å². The third kappa shape index (κ3) is 7.45. The molecule has 0 radical (unpaired) electrons. The Morgan fingerprint density at radius 2 is 1.25 bits per heavy atom. The minimum absolute atomic E-state index is 0.213. The highest BCUT2D eigenvalue weighted by atomic mass is 28.2. The summed E-state index contributed by atoms with van der Waals surface area (Å²) in [6.07, 6.45) is 7.11. The highest BCUT2D eigenvalue weighted by Gasteiger charge is 2.36. The average molecular weight is 589 g/mol. The molecule has 4 heteroatoms. The molecule has 0 aliphatic carbocycles. The molecule has 0 saturated heterocycles. The Morgan fingerprint density at radius 3 is 1.70 bits per heavy atom. The summed E-state index contributed by atoms with van der Waals surface area (Å²) >= 11 is 0. The van der Waals surface area contributed by atoms with E-state index in [1.165, 1.54) is 32.8 Å². The maximum Gasteiger partial charge on any atom is 0.233 e. The van der Waals surface area contributed by atoms with Gasteiger partial charge >= 0.3 is 0 Å². The van der Waals surface area contributed by atoms with Crippen LogP contribution in [0.25, 0.3) is 0 Å². The van der Waals surface area contributed by atoms with Crippen molar-refractivity contribution in [3.8, 4) is 0 Å². The monoisotopic (exact) mass is 588 g/mol. The summed E-state index contributed by atoms with van der Waals surface area (Å²) in [5.41, 5.74) is 6.67. The zero-order valence-corrected chi connectivity index (χ0v) is 27.3. The summed E-state index contributed by atoms with van der Waals surface area (Å²) in [5.74, 6) is 2.65. The zero-order chi connectivity index (χ0) is 30.6. The van der Waals surface area contributed by atoms with Gasteiger partial charge in [-0.3, -0.25) is 0 Å². The molecule has 1 heterocycles. The van der Waals surface area contributed by atoms with Crippen LogP contribution in [0.4, 0.5) is 0 Å². The molecule has 0 N–H and O–H groups in total. The maximum atomic E-state index is 4.42. The van der Waals surface area contributed by atoms with Crippen molar-refractivity contribution >= 4 is 32.3 Å². The molecule has 2 nitrogen and oxygen atoms in total. The molecule has 0 spiro atoms. The number of hydrogen-bond donors (Lipinski definition) is 0. The van der Waals surface area contributed by atoms with Crippen molar-refractivity contribution in [2.75, 3.05) is 0 Å². The van der Waals surface area contributed by atoms with Gasteiger partial charge in [-0.1, -0.05) is 176 Å². The van der Waals surface area contributed by atoms with Crippen LogP contribution < -0.4 is 16.1 Å². The standard InChI is InChI=1S/C26H28N2Si.C14H13B/c1-21(2)18-22-10-9-15-25(19-22)29-26(28-17-16-27-20-28,23-11-5-3-6-12-23)24-13-7-4-8-14-24;1-2-15(13-9-5-3-6-10-13)14-11-7-4-8-12-14/h3-17,19-21H,18,29H2,1-2H3;2-12H,1H2. The zero-order valence-electron chi connectivity index (χ0n) is 25.8. The summed E-state index contributed by atoms with van der Waals surface area (Å²) in [6.45, 7) is 8.78. The topological polar surface area (TPSA) is 17.8 Å². The lowest BCUT2D eigenvalue weighted by molar-refractivity contribution is 0.596. The van der Waals surface area contributed by atoms with Crippen LogP contribution >= 0.6 is 0 Å². The van der Waals surface area contributed by atoms with Crippen LogP contribution in [-0.4, -0.2) is 25.8 Å². The molecule has 6 rings (SSSR count). The van der Waals surface area contributed by atoms with Gasteiger partial charge in [0.2, 0.25) is 6.71 Å². The second-order valence-corrected chi connectivity index (χ2v) is 13.9. The third-order valence-electron chi connectivity index (χ3n) is 8.10. The molecular formula is C40H41BN2Si. The Kier molecular flexibility index (Phi) is 10.6. The van der Waals surface area contributed by atoms with E-state index in [1.807, 2.05) is 30.6 Å². The lowest BCUT2D eigenvalue weighted by Crippen LogP contribution is -2.46. The number of aromatic nitrogens is 2. The smallest absolute Gasteiger partial charge is 0.233 e. The largest absolute Gasteiger partial charge is 0.326 e. The summed E-state index contributed by atoms with van der Waals surface area (Å²) in [5, 5.41) is 1.26. The number of benzene rings is 5. The number of hydrogen-bond acceptors (Lipinski definition) is 1. The Morgan fingerprint density at radius 1 is 0.727 bits per heavy atom. The first-order valence-electron chi connectivity index (χ1n) is 15.5. The van der Waals surface area contributed by atoms with Crippen molar-refractivity contribution in [3.63, 3.8) is 0 Å². The first-order chi connectivity index (χ1) is 21.6. The normalized spacial score (nSPS) is 11.2. The van der Waals surface area contributed by atoms with E-state index in [0.29, 0.717) is 12.6 Å². The van der Waals surface area contributed by atoms with Crippen LogP contribution in [-0.2, 0) is 11.6 Å². The van der Waals surface area contributed by atoms with Crippen molar-refractivity contribution in [1.29, 1.82) is 0 Å². The number of rotatable bonds is 10. The quantitative estimate of drug-likeness (QED) is 0.171. The Labute approximate surface area is 266 Å². The van der Waals surface area contributed by atoms with Gasteiger partial charge in [0.05, 0.1) is 21.0 Å². The predicted octanol–water partition coefficient (Wildman–Crippen LogP) is 6.35. The van der Waals surface area contributed by atoms with Crippen LogP contribution in [0.5, 0.6) is 0 Å². The molecular weight excluding hydrogens is 547 g/mol. The van der Waals surface area contributed by atoms with E-state index in [0.717, 1.165) is 6.42 Å². The van der Waals surface area contributed by atoms with Gasteiger partial charge in [0.15, 0.2) is 0 Å². The van der Waals surface area contributed by atoms with Gasteiger partial charge in [-0.05, 0) is 29.0 Å². The maximum absolute atomic E-state index is 4.42. The molecule has 5 aromatic carbocycles. The van der Waals surface area contributed by atoms with E-state index < -0.39 is 9.52 Å². The minimum atomic E-state index is -0.802. The van der Waals surface area contributed by atoms with Crippen molar-refractivity contribution in [2.45, 2.75) is 25.4 Å². The molecule has 0 fully saturated rings. The van der Waals surface area contributed by atoms with Gasteiger partial charge in [0, 0.05) is 12.4 Å². The predicted molar refractivity (Wildman–Crippen MR) is 193 cm³/mol. The SMILES string of the molecule is C=CB(c1ccccc1)c1ccccc1.CC(C)Cc1cccc([SiH2]C(c2ccccc2)(c2ccccc2)n2ccnc2)c1. The van der Waals surface area contributed by atoms with Crippen molar-refractivity contribution in [2.24, 2.45) is 5.92 Å². The van der Waals surface area contributed by atoms with Gasteiger partial charge in [-0.2, -0.15) is 0 Å². The van der Waals surface area contributed by atoms with Crippen LogP contribution in [0.15, 0.2) is 177 Å². The summed E-state index contributed by atoms with van der Waals surface area (Å²) < 4.78 is 2.32. The molecule has 1 aromatic heterocycles. The third-order valence-corrected chi connectivity index (χ3v) is 10.6. The van der Waals surface area contributed by atoms with E-state index in [4.69, 9.17) is 0 Å². The lowest BCUT2D eigenvalue weighted by atomic mass is 9.41. The van der Waals surface area contributed by atoms with Gasteiger partial charge in [-0.15, -0.1) is 12.6 Å². The summed E-state index contributed by atoms with van der Waals surface area (Å²) in [6, 6.07) is 52.0. The van der Waals surface area contributed by atoms with E-state index in [1.54, 1.807) is 0 Å². The van der Waals surface area contributed by atoms with Crippen LogP contribution in [0.1, 0.15) is 30.5 Å². The fraction of sp³-hybridized carbons (Fsp3) is 0.125.